The van der Waals surface area contributed by atoms with E-state index in [2.05, 4.69) is 11.0 Å². The van der Waals surface area contributed by atoms with Crippen molar-refractivity contribution in [3.05, 3.63) is 47.3 Å². The Kier molecular flexibility index (Phi) is 4.38. The van der Waals surface area contributed by atoms with Gasteiger partial charge in [-0.1, -0.05) is 12.1 Å². The summed E-state index contributed by atoms with van der Waals surface area (Å²) in [6.07, 6.45) is 1.92. The van der Waals surface area contributed by atoms with Crippen molar-refractivity contribution in [3.8, 4) is 6.07 Å². The van der Waals surface area contributed by atoms with Gasteiger partial charge in [0.15, 0.2) is 0 Å². The zero-order chi connectivity index (χ0) is 19.0. The van der Waals surface area contributed by atoms with Crippen LogP contribution in [0.25, 0.3) is 0 Å². The van der Waals surface area contributed by atoms with Crippen LogP contribution in [0.5, 0.6) is 0 Å². The molecule has 1 aromatic rings. The standard InChI is InChI=1S/C20H23N5O2/c1-20(2)11-14-15(12-21)19(22)25(23-16(14)13-27-20)18-6-4-3-5-17(18)24-7-9-26-10-8-24/h3-6,11H,7-10,13,22H2,1-2H3. The maximum absolute atomic E-state index is 9.78. The Morgan fingerprint density at radius 1 is 1.19 bits per heavy atom. The summed E-state index contributed by atoms with van der Waals surface area (Å²) in [4.78, 5) is 2.25. The number of ether oxygens (including phenoxy) is 2. The summed E-state index contributed by atoms with van der Waals surface area (Å²) in [5.74, 6) is 0.339. The number of allylic oxidation sites excluding steroid dienone is 1. The van der Waals surface area contributed by atoms with Gasteiger partial charge in [-0.2, -0.15) is 10.4 Å². The highest BCUT2D eigenvalue weighted by molar-refractivity contribution is 6.08. The SMILES string of the molecule is CC1(C)C=C2C(=NN(c3ccccc3N3CCOCC3)C(N)=C2C#N)CO1. The quantitative estimate of drug-likeness (QED) is 0.864. The minimum atomic E-state index is -0.454. The number of rotatable bonds is 2. The van der Waals surface area contributed by atoms with Gasteiger partial charge in [-0.15, -0.1) is 0 Å². The molecule has 2 N–H and O–H groups in total. The predicted octanol–water partition coefficient (Wildman–Crippen LogP) is 2.13. The maximum Gasteiger partial charge on any atom is 0.144 e. The number of hydrazone groups is 1. The first-order valence-electron chi connectivity index (χ1n) is 9.07. The number of para-hydroxylation sites is 2. The van der Waals surface area contributed by atoms with Crippen molar-refractivity contribution in [2.75, 3.05) is 42.8 Å². The lowest BCUT2D eigenvalue weighted by molar-refractivity contribution is 0.0409. The molecule has 4 rings (SSSR count). The van der Waals surface area contributed by atoms with Crippen molar-refractivity contribution in [1.29, 1.82) is 5.26 Å². The average Bonchev–Trinajstić information content (AvgIpc) is 2.68. The molecular formula is C20H23N5O2. The number of benzene rings is 1. The molecule has 1 fully saturated rings. The topological polar surface area (TPSA) is 87.1 Å². The van der Waals surface area contributed by atoms with Crippen molar-refractivity contribution in [2.45, 2.75) is 19.4 Å². The maximum atomic E-state index is 9.78. The third-order valence-electron chi connectivity index (χ3n) is 4.93. The lowest BCUT2D eigenvalue weighted by Crippen LogP contribution is -2.40. The molecule has 1 saturated heterocycles. The number of nitriles is 1. The lowest BCUT2D eigenvalue weighted by Gasteiger charge is -2.36. The number of morpholine rings is 1. The fourth-order valence-electron chi connectivity index (χ4n) is 3.54. The van der Waals surface area contributed by atoms with Gasteiger partial charge in [-0.3, -0.25) is 0 Å². The molecule has 0 unspecified atom stereocenters. The van der Waals surface area contributed by atoms with E-state index in [9.17, 15) is 5.26 Å². The molecule has 0 atom stereocenters. The van der Waals surface area contributed by atoms with Gasteiger partial charge in [0.1, 0.15) is 17.5 Å². The van der Waals surface area contributed by atoms with E-state index in [-0.39, 0.29) is 0 Å². The molecule has 3 aliphatic rings. The summed E-state index contributed by atoms with van der Waals surface area (Å²) in [5.41, 5.74) is 9.76. The summed E-state index contributed by atoms with van der Waals surface area (Å²) in [7, 11) is 0. The molecule has 0 aliphatic carbocycles. The Morgan fingerprint density at radius 3 is 2.59 bits per heavy atom. The third-order valence-corrected chi connectivity index (χ3v) is 4.93. The van der Waals surface area contributed by atoms with Crippen LogP contribution in [0.15, 0.2) is 52.4 Å². The number of nitrogens with two attached hydrogens (primary N) is 1. The highest BCUT2D eigenvalue weighted by atomic mass is 16.5. The van der Waals surface area contributed by atoms with Crippen LogP contribution in [0.3, 0.4) is 0 Å². The summed E-state index contributed by atoms with van der Waals surface area (Å²) in [6.45, 7) is 7.25. The zero-order valence-electron chi connectivity index (χ0n) is 15.6. The van der Waals surface area contributed by atoms with Gasteiger partial charge in [0.05, 0.1) is 42.5 Å². The molecule has 27 heavy (non-hydrogen) atoms. The van der Waals surface area contributed by atoms with Crippen LogP contribution in [0.1, 0.15) is 13.8 Å². The van der Waals surface area contributed by atoms with Gasteiger partial charge in [0.2, 0.25) is 0 Å². The van der Waals surface area contributed by atoms with Crippen molar-refractivity contribution in [1.82, 2.24) is 0 Å². The second-order valence-corrected chi connectivity index (χ2v) is 7.27. The van der Waals surface area contributed by atoms with E-state index in [1.807, 2.05) is 44.2 Å². The highest BCUT2D eigenvalue weighted by Gasteiger charge is 2.34. The van der Waals surface area contributed by atoms with Crippen LogP contribution >= 0.6 is 0 Å². The highest BCUT2D eigenvalue weighted by Crippen LogP contribution is 2.37. The molecule has 0 aromatic heterocycles. The van der Waals surface area contributed by atoms with Crippen LogP contribution in [-0.2, 0) is 9.47 Å². The number of anilines is 2. The fourth-order valence-corrected chi connectivity index (χ4v) is 3.54. The number of hydrogen-bond acceptors (Lipinski definition) is 7. The van der Waals surface area contributed by atoms with E-state index >= 15 is 0 Å². The van der Waals surface area contributed by atoms with Gasteiger partial charge in [-0.05, 0) is 32.1 Å². The molecular weight excluding hydrogens is 342 g/mol. The number of hydrogen-bond donors (Lipinski definition) is 1. The molecule has 7 nitrogen and oxygen atoms in total. The van der Waals surface area contributed by atoms with E-state index in [0.29, 0.717) is 31.2 Å². The second-order valence-electron chi connectivity index (χ2n) is 7.27. The van der Waals surface area contributed by atoms with E-state index in [1.165, 1.54) is 0 Å². The fraction of sp³-hybridized carbons (Fsp3) is 0.400. The normalized spacial score (nSPS) is 22.0. The van der Waals surface area contributed by atoms with Gasteiger partial charge >= 0.3 is 0 Å². The van der Waals surface area contributed by atoms with Crippen LogP contribution in [0, 0.1) is 11.3 Å². The number of nitrogens with zero attached hydrogens (tertiary/aromatic N) is 4. The molecule has 0 bridgehead atoms. The lowest BCUT2D eigenvalue weighted by atomic mass is 9.92. The largest absolute Gasteiger partial charge is 0.383 e. The van der Waals surface area contributed by atoms with E-state index in [1.54, 1.807) is 5.01 Å². The Balaban J connectivity index is 1.80. The smallest absolute Gasteiger partial charge is 0.144 e. The molecule has 0 amide bonds. The van der Waals surface area contributed by atoms with Gasteiger partial charge < -0.3 is 20.1 Å². The second kappa shape index (κ2) is 6.72. The van der Waals surface area contributed by atoms with E-state index in [4.69, 9.17) is 20.3 Å². The van der Waals surface area contributed by atoms with Crippen LogP contribution in [-0.4, -0.2) is 44.2 Å². The predicted molar refractivity (Wildman–Crippen MR) is 104 cm³/mol. The summed E-state index contributed by atoms with van der Waals surface area (Å²) < 4.78 is 11.3. The summed E-state index contributed by atoms with van der Waals surface area (Å²) in [6, 6.07) is 10.2. The van der Waals surface area contributed by atoms with Crippen LogP contribution in [0.2, 0.25) is 0 Å². The van der Waals surface area contributed by atoms with Crippen molar-refractivity contribution < 1.29 is 9.47 Å². The minimum absolute atomic E-state index is 0.339. The van der Waals surface area contributed by atoms with Crippen molar-refractivity contribution >= 4 is 17.1 Å². The summed E-state index contributed by atoms with van der Waals surface area (Å²) >= 11 is 0. The van der Waals surface area contributed by atoms with Gasteiger partial charge in [-0.25, -0.2) is 5.01 Å². The molecule has 0 spiro atoms. The first kappa shape index (κ1) is 17.6. The van der Waals surface area contributed by atoms with Crippen molar-refractivity contribution in [3.63, 3.8) is 0 Å². The zero-order valence-corrected chi connectivity index (χ0v) is 15.6. The Labute approximate surface area is 158 Å². The van der Waals surface area contributed by atoms with Crippen molar-refractivity contribution in [2.24, 2.45) is 10.8 Å². The monoisotopic (exact) mass is 365 g/mol. The molecule has 3 heterocycles. The molecule has 140 valence electrons. The Bertz CT molecular complexity index is 888. The van der Waals surface area contributed by atoms with Gasteiger partial charge in [0.25, 0.3) is 0 Å². The first-order valence-corrected chi connectivity index (χ1v) is 9.07. The van der Waals surface area contributed by atoms with Crippen LogP contribution < -0.4 is 15.6 Å². The number of fused-ring (bicyclic) bond motifs is 1. The van der Waals surface area contributed by atoms with Crippen LogP contribution in [0.4, 0.5) is 11.4 Å². The molecule has 1 aromatic carbocycles. The molecule has 7 heteroatoms. The molecule has 3 aliphatic heterocycles. The Morgan fingerprint density at radius 2 is 1.89 bits per heavy atom. The Hall–Kier alpha value is -2.82. The van der Waals surface area contributed by atoms with E-state index in [0.717, 1.165) is 35.7 Å². The summed E-state index contributed by atoms with van der Waals surface area (Å²) in [5, 5.41) is 16.2. The van der Waals surface area contributed by atoms with E-state index < -0.39 is 5.60 Å². The third kappa shape index (κ3) is 3.18. The first-order chi connectivity index (χ1) is 13.0. The molecule has 0 saturated carbocycles. The van der Waals surface area contributed by atoms with Gasteiger partial charge in [0, 0.05) is 18.7 Å². The molecule has 0 radical (unpaired) electrons. The average molecular weight is 365 g/mol. The minimum Gasteiger partial charge on any atom is -0.383 e.